The van der Waals surface area contributed by atoms with Gasteiger partial charge in [-0.1, -0.05) is 13.8 Å². The molecular weight excluding hydrogens is 280 g/mol. The highest BCUT2D eigenvalue weighted by molar-refractivity contribution is 7.86. The second-order valence-electron chi connectivity index (χ2n) is 5.99. The zero-order valence-electron chi connectivity index (χ0n) is 13.0. The second-order valence-corrected chi connectivity index (χ2v) is 7.87. The molecule has 0 aromatic carbocycles. The molecule has 7 heteroatoms. The number of rotatable bonds is 5. The number of carbonyl (C=O) groups is 1. The first-order valence-corrected chi connectivity index (χ1v) is 8.41. The van der Waals surface area contributed by atoms with Crippen LogP contribution in [0.2, 0.25) is 0 Å². The first-order chi connectivity index (χ1) is 9.18. The standard InChI is InChI=1S/C13H26N2O4S/c1-10(2)15(9-13(16)19-5)20(17,18)14-7-11(3)6-12(4)8-14/h10-12H,6-9H2,1-5H3. The number of carbonyl (C=O) groups excluding carboxylic acids is 1. The van der Waals surface area contributed by atoms with Crippen molar-refractivity contribution >= 4 is 16.2 Å². The topological polar surface area (TPSA) is 66.9 Å². The fourth-order valence-electron chi connectivity index (χ4n) is 2.66. The van der Waals surface area contributed by atoms with Crippen molar-refractivity contribution in [2.75, 3.05) is 26.7 Å². The van der Waals surface area contributed by atoms with Crippen LogP contribution in [-0.4, -0.2) is 55.8 Å². The Balaban J connectivity index is 2.95. The number of nitrogens with zero attached hydrogens (tertiary/aromatic N) is 2. The van der Waals surface area contributed by atoms with Crippen LogP contribution in [0.4, 0.5) is 0 Å². The SMILES string of the molecule is COC(=O)CN(C(C)C)S(=O)(=O)N1CC(C)CC(C)C1. The quantitative estimate of drug-likeness (QED) is 0.713. The number of hydrogen-bond acceptors (Lipinski definition) is 4. The highest BCUT2D eigenvalue weighted by atomic mass is 32.2. The fourth-order valence-corrected chi connectivity index (χ4v) is 4.65. The molecule has 2 atom stereocenters. The van der Waals surface area contributed by atoms with Gasteiger partial charge in [0.05, 0.1) is 7.11 Å². The Morgan fingerprint density at radius 3 is 2.20 bits per heavy atom. The van der Waals surface area contributed by atoms with Gasteiger partial charge in [0.15, 0.2) is 0 Å². The van der Waals surface area contributed by atoms with Crippen molar-refractivity contribution < 1.29 is 17.9 Å². The molecule has 0 saturated carbocycles. The summed E-state index contributed by atoms with van der Waals surface area (Å²) in [6.07, 6.45) is 1.03. The molecule has 1 rings (SSSR count). The van der Waals surface area contributed by atoms with E-state index in [1.807, 2.05) is 0 Å². The summed E-state index contributed by atoms with van der Waals surface area (Å²) in [6, 6.07) is -0.286. The maximum atomic E-state index is 12.7. The lowest BCUT2D eigenvalue weighted by Gasteiger charge is -2.38. The monoisotopic (exact) mass is 306 g/mol. The van der Waals surface area contributed by atoms with E-state index < -0.39 is 16.2 Å². The van der Waals surface area contributed by atoms with Crippen molar-refractivity contribution in [2.45, 2.75) is 40.2 Å². The molecule has 1 heterocycles. The Morgan fingerprint density at radius 1 is 1.30 bits per heavy atom. The van der Waals surface area contributed by atoms with E-state index in [1.54, 1.807) is 13.8 Å². The summed E-state index contributed by atoms with van der Waals surface area (Å²) in [4.78, 5) is 11.4. The highest BCUT2D eigenvalue weighted by Crippen LogP contribution is 2.25. The van der Waals surface area contributed by atoms with Crippen molar-refractivity contribution in [1.82, 2.24) is 8.61 Å². The van der Waals surface area contributed by atoms with Gasteiger partial charge >= 0.3 is 5.97 Å². The zero-order chi connectivity index (χ0) is 15.5. The van der Waals surface area contributed by atoms with E-state index in [2.05, 4.69) is 18.6 Å². The molecule has 0 bridgehead atoms. The molecule has 0 aromatic rings. The number of piperidine rings is 1. The van der Waals surface area contributed by atoms with Crippen molar-refractivity contribution in [1.29, 1.82) is 0 Å². The molecule has 0 N–H and O–H groups in total. The van der Waals surface area contributed by atoms with Crippen LogP contribution in [0, 0.1) is 11.8 Å². The van der Waals surface area contributed by atoms with Crippen LogP contribution in [0.5, 0.6) is 0 Å². The predicted molar refractivity (Wildman–Crippen MR) is 77.3 cm³/mol. The third kappa shape index (κ3) is 4.17. The minimum Gasteiger partial charge on any atom is -0.468 e. The van der Waals surface area contributed by atoms with Gasteiger partial charge in [-0.15, -0.1) is 0 Å². The summed E-state index contributed by atoms with van der Waals surface area (Å²) in [5.74, 6) is 0.127. The molecule has 0 aromatic heterocycles. The molecule has 1 aliphatic rings. The average Bonchev–Trinajstić information content (AvgIpc) is 2.33. The molecular formula is C13H26N2O4S. The van der Waals surface area contributed by atoms with E-state index in [4.69, 9.17) is 0 Å². The molecule has 1 aliphatic heterocycles. The van der Waals surface area contributed by atoms with Gasteiger partial charge in [0.1, 0.15) is 6.54 Å². The van der Waals surface area contributed by atoms with E-state index >= 15 is 0 Å². The minimum absolute atomic E-state index is 0.240. The van der Waals surface area contributed by atoms with E-state index in [9.17, 15) is 13.2 Å². The lowest BCUT2D eigenvalue weighted by molar-refractivity contribution is -0.141. The molecule has 0 aliphatic carbocycles. The van der Waals surface area contributed by atoms with E-state index in [0.717, 1.165) is 6.42 Å². The van der Waals surface area contributed by atoms with Gasteiger partial charge < -0.3 is 4.74 Å². The average molecular weight is 306 g/mol. The fraction of sp³-hybridized carbons (Fsp3) is 0.923. The molecule has 20 heavy (non-hydrogen) atoms. The molecule has 0 radical (unpaired) electrons. The van der Waals surface area contributed by atoms with Crippen molar-refractivity contribution in [3.05, 3.63) is 0 Å². The molecule has 6 nitrogen and oxygen atoms in total. The predicted octanol–water partition coefficient (Wildman–Crippen LogP) is 1.09. The van der Waals surface area contributed by atoms with E-state index in [0.29, 0.717) is 24.9 Å². The molecule has 0 amide bonds. The lowest BCUT2D eigenvalue weighted by atomic mass is 9.94. The minimum atomic E-state index is -3.63. The van der Waals surface area contributed by atoms with Gasteiger partial charge in [-0.25, -0.2) is 0 Å². The van der Waals surface area contributed by atoms with E-state index in [-0.39, 0.29) is 12.6 Å². The largest absolute Gasteiger partial charge is 0.468 e. The Bertz CT molecular complexity index is 426. The normalized spacial score (nSPS) is 25.1. The smallest absolute Gasteiger partial charge is 0.321 e. The second kappa shape index (κ2) is 6.87. The van der Waals surface area contributed by atoms with Crippen LogP contribution in [-0.2, 0) is 19.7 Å². The molecule has 0 spiro atoms. The van der Waals surface area contributed by atoms with Crippen molar-refractivity contribution in [2.24, 2.45) is 11.8 Å². The third-order valence-corrected chi connectivity index (χ3v) is 5.64. The van der Waals surface area contributed by atoms with Crippen LogP contribution in [0.3, 0.4) is 0 Å². The Kier molecular flexibility index (Phi) is 5.97. The van der Waals surface area contributed by atoms with Crippen LogP contribution in [0.15, 0.2) is 0 Å². The number of methoxy groups -OCH3 is 1. The summed E-state index contributed by atoms with van der Waals surface area (Å²) < 4.78 is 32.7. The van der Waals surface area contributed by atoms with Gasteiger partial charge in [-0.2, -0.15) is 17.0 Å². The maximum absolute atomic E-state index is 12.7. The van der Waals surface area contributed by atoms with Crippen molar-refractivity contribution in [3.8, 4) is 0 Å². The van der Waals surface area contributed by atoms with Crippen LogP contribution in [0.1, 0.15) is 34.1 Å². The highest BCUT2D eigenvalue weighted by Gasteiger charge is 2.37. The number of esters is 1. The summed E-state index contributed by atoms with van der Waals surface area (Å²) in [6.45, 7) is 8.41. The Labute approximate surface area is 122 Å². The van der Waals surface area contributed by atoms with Gasteiger partial charge in [0.2, 0.25) is 0 Å². The van der Waals surface area contributed by atoms with Gasteiger partial charge in [-0.05, 0) is 32.1 Å². The van der Waals surface area contributed by atoms with E-state index in [1.165, 1.54) is 15.7 Å². The molecule has 1 saturated heterocycles. The Morgan fingerprint density at radius 2 is 1.80 bits per heavy atom. The number of hydrogen-bond donors (Lipinski definition) is 0. The van der Waals surface area contributed by atoms with Crippen molar-refractivity contribution in [3.63, 3.8) is 0 Å². The zero-order valence-corrected chi connectivity index (χ0v) is 13.8. The first-order valence-electron chi connectivity index (χ1n) is 7.02. The van der Waals surface area contributed by atoms with Crippen LogP contribution >= 0.6 is 0 Å². The summed E-state index contributed by atoms with van der Waals surface area (Å²) >= 11 is 0. The summed E-state index contributed by atoms with van der Waals surface area (Å²) in [5, 5.41) is 0. The molecule has 118 valence electrons. The van der Waals surface area contributed by atoms with Gasteiger partial charge in [0.25, 0.3) is 10.2 Å². The summed E-state index contributed by atoms with van der Waals surface area (Å²) in [7, 11) is -2.37. The molecule has 1 fully saturated rings. The van der Waals surface area contributed by atoms with Crippen LogP contribution in [0.25, 0.3) is 0 Å². The van der Waals surface area contributed by atoms with Crippen LogP contribution < -0.4 is 0 Å². The summed E-state index contributed by atoms with van der Waals surface area (Å²) in [5.41, 5.74) is 0. The lowest BCUT2D eigenvalue weighted by Crippen LogP contribution is -2.52. The maximum Gasteiger partial charge on any atom is 0.321 e. The van der Waals surface area contributed by atoms with Gasteiger partial charge in [0, 0.05) is 19.1 Å². The van der Waals surface area contributed by atoms with Gasteiger partial charge in [-0.3, -0.25) is 4.79 Å². The Hall–Kier alpha value is -0.660. The number of ether oxygens (including phenoxy) is 1. The third-order valence-electron chi connectivity index (χ3n) is 3.55. The molecule has 2 unspecified atom stereocenters. The first kappa shape index (κ1) is 17.4.